The fourth-order valence-corrected chi connectivity index (χ4v) is 2.10. The summed E-state index contributed by atoms with van der Waals surface area (Å²) < 4.78 is 5.31. The maximum absolute atomic E-state index is 11.9. The molecular weight excluding hydrogens is 226 g/mol. The molecule has 0 radical (unpaired) electrons. The van der Waals surface area contributed by atoms with Crippen LogP contribution in [0.3, 0.4) is 0 Å². The lowest BCUT2D eigenvalue weighted by Crippen LogP contribution is -2.13. The van der Waals surface area contributed by atoms with Crippen molar-refractivity contribution in [1.82, 2.24) is 0 Å². The Bertz CT molecular complexity index is 587. The maximum atomic E-state index is 11.9. The maximum Gasteiger partial charge on any atom is 0.360 e. The van der Waals surface area contributed by atoms with Crippen molar-refractivity contribution < 1.29 is 4.42 Å². The quantitative estimate of drug-likeness (QED) is 0.645. The smallest absolute Gasteiger partial charge is 0.360 e. The average molecular weight is 245 g/mol. The van der Waals surface area contributed by atoms with Gasteiger partial charge in [0.25, 0.3) is 0 Å². The van der Waals surface area contributed by atoms with Gasteiger partial charge in [-0.3, -0.25) is 0 Å². The van der Waals surface area contributed by atoms with Crippen LogP contribution < -0.4 is 10.9 Å². The molecule has 0 spiro atoms. The van der Waals surface area contributed by atoms with Gasteiger partial charge >= 0.3 is 5.63 Å². The summed E-state index contributed by atoms with van der Waals surface area (Å²) in [6.07, 6.45) is 3.42. The molecule has 1 N–H and O–H groups in total. The number of nitrogens with one attached hydrogen (secondary N) is 1. The molecule has 1 heterocycles. The topological polar surface area (TPSA) is 42.2 Å². The van der Waals surface area contributed by atoms with Crippen LogP contribution in [0.15, 0.2) is 33.5 Å². The van der Waals surface area contributed by atoms with E-state index in [-0.39, 0.29) is 5.63 Å². The Morgan fingerprint density at radius 2 is 2.00 bits per heavy atom. The second-order valence-corrected chi connectivity index (χ2v) is 4.52. The monoisotopic (exact) mass is 245 g/mol. The average Bonchev–Trinajstić information content (AvgIpc) is 2.38. The number of benzene rings is 1. The number of unbranched alkanes of at least 4 members (excludes halogenated alkanes) is 2. The van der Waals surface area contributed by atoms with Crippen LogP contribution in [0.25, 0.3) is 11.0 Å². The number of rotatable bonds is 5. The molecule has 0 amide bonds. The molecule has 2 rings (SSSR count). The molecule has 1 aromatic carbocycles. The molecule has 1 aromatic heterocycles. The molecule has 0 aliphatic rings. The third-order valence-corrected chi connectivity index (χ3v) is 3.15. The van der Waals surface area contributed by atoms with Gasteiger partial charge in [0.05, 0.1) is 0 Å². The van der Waals surface area contributed by atoms with Crippen LogP contribution in [0.2, 0.25) is 0 Å². The molecule has 0 aliphatic heterocycles. The molecule has 96 valence electrons. The van der Waals surface area contributed by atoms with Crippen LogP contribution in [0.1, 0.15) is 31.7 Å². The van der Waals surface area contributed by atoms with Crippen LogP contribution in [0.5, 0.6) is 0 Å². The standard InChI is InChI=1S/C15H19NO2/c1-3-4-7-10-16-14-11(2)12-8-5-6-9-13(12)18-15(14)17/h5-6,8-9,16H,3-4,7,10H2,1-2H3. The highest BCUT2D eigenvalue weighted by Gasteiger charge is 2.09. The van der Waals surface area contributed by atoms with Crippen molar-refractivity contribution in [3.63, 3.8) is 0 Å². The lowest BCUT2D eigenvalue weighted by atomic mass is 10.1. The number of hydrogen-bond acceptors (Lipinski definition) is 3. The Kier molecular flexibility index (Phi) is 4.03. The van der Waals surface area contributed by atoms with Crippen molar-refractivity contribution in [1.29, 1.82) is 0 Å². The van der Waals surface area contributed by atoms with Crippen LogP contribution in [-0.4, -0.2) is 6.54 Å². The highest BCUT2D eigenvalue weighted by Crippen LogP contribution is 2.21. The molecular formula is C15H19NO2. The first-order valence-electron chi connectivity index (χ1n) is 6.50. The van der Waals surface area contributed by atoms with E-state index in [1.807, 2.05) is 31.2 Å². The zero-order valence-corrected chi connectivity index (χ0v) is 11.0. The van der Waals surface area contributed by atoms with Crippen LogP contribution in [0, 0.1) is 6.92 Å². The molecule has 0 saturated carbocycles. The van der Waals surface area contributed by atoms with E-state index in [1.165, 1.54) is 12.8 Å². The summed E-state index contributed by atoms with van der Waals surface area (Å²) in [5.41, 5.74) is 1.95. The summed E-state index contributed by atoms with van der Waals surface area (Å²) >= 11 is 0. The predicted octanol–water partition coefficient (Wildman–Crippen LogP) is 3.70. The highest BCUT2D eigenvalue weighted by atomic mass is 16.4. The van der Waals surface area contributed by atoms with Gasteiger partial charge in [-0.25, -0.2) is 4.79 Å². The first-order valence-corrected chi connectivity index (χ1v) is 6.50. The third kappa shape index (κ3) is 2.55. The van der Waals surface area contributed by atoms with Crippen LogP contribution in [0.4, 0.5) is 5.69 Å². The lowest BCUT2D eigenvalue weighted by Gasteiger charge is -2.09. The van der Waals surface area contributed by atoms with Gasteiger partial charge in [-0.05, 0) is 25.0 Å². The Morgan fingerprint density at radius 1 is 1.22 bits per heavy atom. The van der Waals surface area contributed by atoms with Gasteiger partial charge in [-0.2, -0.15) is 0 Å². The van der Waals surface area contributed by atoms with Crippen molar-refractivity contribution in [2.75, 3.05) is 11.9 Å². The normalized spacial score (nSPS) is 10.8. The minimum atomic E-state index is -0.275. The minimum absolute atomic E-state index is 0.275. The molecule has 3 nitrogen and oxygen atoms in total. The van der Waals surface area contributed by atoms with Gasteiger partial charge in [0.15, 0.2) is 0 Å². The molecule has 0 fully saturated rings. The summed E-state index contributed by atoms with van der Waals surface area (Å²) in [5.74, 6) is 0. The molecule has 18 heavy (non-hydrogen) atoms. The fraction of sp³-hybridized carbons (Fsp3) is 0.400. The minimum Gasteiger partial charge on any atom is -0.421 e. The predicted molar refractivity (Wildman–Crippen MR) is 75.2 cm³/mol. The van der Waals surface area contributed by atoms with Crippen molar-refractivity contribution in [3.05, 3.63) is 40.2 Å². The Hall–Kier alpha value is -1.77. The highest BCUT2D eigenvalue weighted by molar-refractivity contribution is 5.84. The Morgan fingerprint density at radius 3 is 2.78 bits per heavy atom. The largest absolute Gasteiger partial charge is 0.421 e. The number of aryl methyl sites for hydroxylation is 1. The van der Waals surface area contributed by atoms with Gasteiger partial charge in [0.2, 0.25) is 0 Å². The summed E-state index contributed by atoms with van der Waals surface area (Å²) in [6.45, 7) is 4.94. The van der Waals surface area contributed by atoms with E-state index in [4.69, 9.17) is 4.42 Å². The first kappa shape index (κ1) is 12.7. The lowest BCUT2D eigenvalue weighted by molar-refractivity contribution is 0.561. The SMILES string of the molecule is CCCCCNc1c(C)c2ccccc2oc1=O. The second-order valence-electron chi connectivity index (χ2n) is 4.52. The summed E-state index contributed by atoms with van der Waals surface area (Å²) in [7, 11) is 0. The molecule has 0 aliphatic carbocycles. The van der Waals surface area contributed by atoms with E-state index in [1.54, 1.807) is 0 Å². The van der Waals surface area contributed by atoms with Crippen molar-refractivity contribution in [2.24, 2.45) is 0 Å². The summed E-state index contributed by atoms with van der Waals surface area (Å²) in [4.78, 5) is 11.9. The fourth-order valence-electron chi connectivity index (χ4n) is 2.10. The summed E-state index contributed by atoms with van der Waals surface area (Å²) in [6, 6.07) is 7.63. The number of para-hydroxylation sites is 1. The van der Waals surface area contributed by atoms with Crippen molar-refractivity contribution in [2.45, 2.75) is 33.1 Å². The van der Waals surface area contributed by atoms with E-state index in [2.05, 4.69) is 12.2 Å². The molecule has 3 heteroatoms. The Labute approximate surface area is 107 Å². The number of hydrogen-bond donors (Lipinski definition) is 1. The van der Waals surface area contributed by atoms with Gasteiger partial charge in [0, 0.05) is 11.9 Å². The first-order chi connectivity index (χ1) is 8.74. The van der Waals surface area contributed by atoms with Crippen LogP contribution in [-0.2, 0) is 0 Å². The van der Waals surface area contributed by atoms with E-state index < -0.39 is 0 Å². The number of fused-ring (bicyclic) bond motifs is 1. The molecule has 0 bridgehead atoms. The van der Waals surface area contributed by atoms with Crippen LogP contribution >= 0.6 is 0 Å². The van der Waals surface area contributed by atoms with E-state index in [9.17, 15) is 4.79 Å². The molecule has 0 saturated heterocycles. The third-order valence-electron chi connectivity index (χ3n) is 3.15. The van der Waals surface area contributed by atoms with E-state index in [0.29, 0.717) is 11.3 Å². The summed E-state index contributed by atoms with van der Waals surface area (Å²) in [5, 5.41) is 4.20. The van der Waals surface area contributed by atoms with E-state index in [0.717, 1.165) is 23.9 Å². The van der Waals surface area contributed by atoms with Crippen molar-refractivity contribution >= 4 is 16.7 Å². The second kappa shape index (κ2) is 5.71. The van der Waals surface area contributed by atoms with Gasteiger partial charge in [0.1, 0.15) is 11.3 Å². The van der Waals surface area contributed by atoms with Crippen molar-refractivity contribution in [3.8, 4) is 0 Å². The molecule has 0 unspecified atom stereocenters. The van der Waals surface area contributed by atoms with E-state index >= 15 is 0 Å². The molecule has 2 aromatic rings. The molecule has 0 atom stereocenters. The van der Waals surface area contributed by atoms with Gasteiger partial charge < -0.3 is 9.73 Å². The zero-order chi connectivity index (χ0) is 13.0. The van der Waals surface area contributed by atoms with Gasteiger partial charge in [-0.15, -0.1) is 0 Å². The number of anilines is 1. The Balaban J connectivity index is 2.30. The zero-order valence-electron chi connectivity index (χ0n) is 11.0. The van der Waals surface area contributed by atoms with Gasteiger partial charge in [-0.1, -0.05) is 38.0 Å².